The minimum Gasteiger partial charge on any atom is -0.479 e. The minimum absolute atomic E-state index is 0.358. The largest absolute Gasteiger partial charge is 0.479 e. The van der Waals surface area contributed by atoms with E-state index >= 15 is 0 Å². The lowest BCUT2D eigenvalue weighted by molar-refractivity contribution is -0.139. The Morgan fingerprint density at radius 2 is 2.24 bits per heavy atom. The number of carbonyl (C=O) groups excluding carboxylic acids is 1. The molecule has 0 bridgehead atoms. The molecule has 2 N–H and O–H groups in total. The number of hydrogen-bond donors (Lipinski definition) is 2. The Morgan fingerprint density at radius 3 is 2.81 bits per heavy atom. The first-order chi connectivity index (χ1) is 10.1. The molecule has 7 heteroatoms. The number of hydrogen-bond acceptors (Lipinski definition) is 4. The predicted molar refractivity (Wildman–Crippen MR) is 78.9 cm³/mol. The van der Waals surface area contributed by atoms with Crippen LogP contribution in [0.1, 0.15) is 16.5 Å². The second-order valence-electron chi connectivity index (χ2n) is 4.45. The van der Waals surface area contributed by atoms with Crippen LogP contribution >= 0.6 is 11.3 Å². The van der Waals surface area contributed by atoms with Crippen molar-refractivity contribution in [1.29, 1.82) is 0 Å². The third-order valence-electron chi connectivity index (χ3n) is 2.83. The molecule has 0 saturated heterocycles. The van der Waals surface area contributed by atoms with E-state index in [1.54, 1.807) is 43.0 Å². The fourth-order valence-electron chi connectivity index (χ4n) is 1.78. The lowest BCUT2D eigenvalue weighted by Crippen LogP contribution is -2.41. The Labute approximate surface area is 126 Å². The molecule has 0 aliphatic heterocycles. The third kappa shape index (κ3) is 4.03. The number of carboxylic acids is 1. The van der Waals surface area contributed by atoms with Crippen LogP contribution in [0, 0.1) is 0 Å². The van der Waals surface area contributed by atoms with E-state index in [-0.39, 0.29) is 0 Å². The van der Waals surface area contributed by atoms with Gasteiger partial charge in [-0.05, 0) is 23.1 Å². The molecule has 2 heterocycles. The summed E-state index contributed by atoms with van der Waals surface area (Å²) in [6.45, 7) is 0.358. The summed E-state index contributed by atoms with van der Waals surface area (Å²) >= 11 is 1.29. The number of amides is 2. The number of pyridine rings is 1. The van der Waals surface area contributed by atoms with Gasteiger partial charge in [-0.2, -0.15) is 0 Å². The van der Waals surface area contributed by atoms with Crippen molar-refractivity contribution in [3.05, 3.63) is 52.5 Å². The highest BCUT2D eigenvalue weighted by atomic mass is 32.1. The molecule has 110 valence electrons. The molecule has 2 aromatic heterocycles. The summed E-state index contributed by atoms with van der Waals surface area (Å²) in [6.07, 6.45) is 3.32. The molecule has 0 fully saturated rings. The van der Waals surface area contributed by atoms with E-state index in [1.807, 2.05) is 6.07 Å². The number of aliphatic carboxylic acids is 1. The summed E-state index contributed by atoms with van der Waals surface area (Å²) < 4.78 is 0. The Morgan fingerprint density at radius 1 is 1.43 bits per heavy atom. The maximum absolute atomic E-state index is 12.1. The molecule has 2 amide bonds. The zero-order chi connectivity index (χ0) is 15.2. The number of rotatable bonds is 5. The monoisotopic (exact) mass is 305 g/mol. The normalized spacial score (nSPS) is 11.7. The lowest BCUT2D eigenvalue weighted by Gasteiger charge is -2.20. The molecule has 0 radical (unpaired) electrons. The van der Waals surface area contributed by atoms with Gasteiger partial charge in [0.05, 0.1) is 0 Å². The first kappa shape index (κ1) is 15.0. The molecule has 0 aliphatic rings. The third-order valence-corrected chi connectivity index (χ3v) is 3.77. The smallest absolute Gasteiger partial charge is 0.331 e. The van der Waals surface area contributed by atoms with Gasteiger partial charge in [-0.3, -0.25) is 4.98 Å². The van der Waals surface area contributed by atoms with Gasteiger partial charge < -0.3 is 15.3 Å². The van der Waals surface area contributed by atoms with Crippen LogP contribution in [-0.4, -0.2) is 34.0 Å². The van der Waals surface area contributed by atoms with Gasteiger partial charge in [0.15, 0.2) is 6.04 Å². The fourth-order valence-corrected chi connectivity index (χ4v) is 2.55. The van der Waals surface area contributed by atoms with Gasteiger partial charge in [0, 0.05) is 30.9 Å². The van der Waals surface area contributed by atoms with Gasteiger partial charge in [-0.15, -0.1) is 11.3 Å². The Bertz CT molecular complexity index is 601. The van der Waals surface area contributed by atoms with Crippen LogP contribution in [0.5, 0.6) is 0 Å². The number of nitrogens with zero attached hydrogens (tertiary/aromatic N) is 2. The van der Waals surface area contributed by atoms with Crippen molar-refractivity contribution in [2.24, 2.45) is 0 Å². The second kappa shape index (κ2) is 6.85. The van der Waals surface area contributed by atoms with E-state index in [0.717, 1.165) is 5.56 Å². The van der Waals surface area contributed by atoms with E-state index in [4.69, 9.17) is 0 Å². The summed E-state index contributed by atoms with van der Waals surface area (Å²) in [5.74, 6) is -1.08. The summed E-state index contributed by atoms with van der Waals surface area (Å²) in [6, 6.07) is 5.59. The van der Waals surface area contributed by atoms with Crippen LogP contribution in [0.15, 0.2) is 42.0 Å². The molecule has 1 atom stereocenters. The summed E-state index contributed by atoms with van der Waals surface area (Å²) in [5.41, 5.74) is 0.873. The van der Waals surface area contributed by atoms with Crippen LogP contribution < -0.4 is 5.32 Å². The molecule has 6 nitrogen and oxygen atoms in total. The van der Waals surface area contributed by atoms with Crippen molar-refractivity contribution in [1.82, 2.24) is 15.2 Å². The number of carboxylic acid groups (broad SMARTS) is 1. The topological polar surface area (TPSA) is 82.5 Å². The van der Waals surface area contributed by atoms with Gasteiger partial charge in [0.25, 0.3) is 0 Å². The quantitative estimate of drug-likeness (QED) is 0.886. The molecule has 0 aromatic carbocycles. The Kier molecular flexibility index (Phi) is 4.89. The molecular formula is C14H15N3O3S. The van der Waals surface area contributed by atoms with E-state index in [9.17, 15) is 14.7 Å². The summed E-state index contributed by atoms with van der Waals surface area (Å²) in [7, 11) is 1.61. The second-order valence-corrected chi connectivity index (χ2v) is 5.43. The maximum atomic E-state index is 12.1. The van der Waals surface area contributed by atoms with Crippen molar-refractivity contribution < 1.29 is 14.7 Å². The number of thiophene rings is 1. The van der Waals surface area contributed by atoms with Gasteiger partial charge in [0.1, 0.15) is 0 Å². The SMILES string of the molecule is CN(Cc1cccnc1)C(=O)NC(C(=O)O)c1cccs1. The van der Waals surface area contributed by atoms with Crippen molar-refractivity contribution in [2.45, 2.75) is 12.6 Å². The molecule has 0 spiro atoms. The zero-order valence-electron chi connectivity index (χ0n) is 11.4. The summed E-state index contributed by atoms with van der Waals surface area (Å²) in [5, 5.41) is 13.5. The predicted octanol–water partition coefficient (Wildman–Crippen LogP) is 2.11. The average molecular weight is 305 g/mol. The van der Waals surface area contributed by atoms with E-state index in [2.05, 4.69) is 10.3 Å². The van der Waals surface area contributed by atoms with Gasteiger partial charge >= 0.3 is 12.0 Å². The highest BCUT2D eigenvalue weighted by molar-refractivity contribution is 7.10. The Balaban J connectivity index is 2.00. The van der Waals surface area contributed by atoms with Crippen molar-refractivity contribution >= 4 is 23.3 Å². The van der Waals surface area contributed by atoms with Crippen LogP contribution in [0.2, 0.25) is 0 Å². The van der Waals surface area contributed by atoms with Crippen LogP contribution in [0.3, 0.4) is 0 Å². The summed E-state index contributed by atoms with van der Waals surface area (Å²) in [4.78, 5) is 29.4. The van der Waals surface area contributed by atoms with Gasteiger partial charge in [-0.25, -0.2) is 9.59 Å². The van der Waals surface area contributed by atoms with Gasteiger partial charge in [0.2, 0.25) is 0 Å². The maximum Gasteiger partial charge on any atom is 0.331 e. The molecule has 0 saturated carbocycles. The minimum atomic E-state index is -1.08. The first-order valence-corrected chi connectivity index (χ1v) is 7.12. The van der Waals surface area contributed by atoms with E-state index < -0.39 is 18.0 Å². The standard InChI is InChI=1S/C14H15N3O3S/c1-17(9-10-4-2-6-15-8-10)14(20)16-12(13(18)19)11-5-3-7-21-11/h2-8,12H,9H2,1H3,(H,16,20)(H,18,19). The zero-order valence-corrected chi connectivity index (χ0v) is 12.2. The number of nitrogens with one attached hydrogen (secondary N) is 1. The highest BCUT2D eigenvalue weighted by Crippen LogP contribution is 2.19. The highest BCUT2D eigenvalue weighted by Gasteiger charge is 2.24. The van der Waals surface area contributed by atoms with Crippen LogP contribution in [-0.2, 0) is 11.3 Å². The van der Waals surface area contributed by atoms with Crippen LogP contribution in [0.4, 0.5) is 4.79 Å². The lowest BCUT2D eigenvalue weighted by atomic mass is 10.2. The number of carbonyl (C=O) groups is 2. The molecule has 0 aliphatic carbocycles. The van der Waals surface area contributed by atoms with Crippen molar-refractivity contribution in [3.63, 3.8) is 0 Å². The first-order valence-electron chi connectivity index (χ1n) is 6.24. The van der Waals surface area contributed by atoms with E-state index in [1.165, 1.54) is 16.2 Å². The van der Waals surface area contributed by atoms with Crippen molar-refractivity contribution in [3.8, 4) is 0 Å². The fraction of sp³-hybridized carbons (Fsp3) is 0.214. The number of urea groups is 1. The molecule has 21 heavy (non-hydrogen) atoms. The molecule has 2 rings (SSSR count). The van der Waals surface area contributed by atoms with Crippen molar-refractivity contribution in [2.75, 3.05) is 7.05 Å². The van der Waals surface area contributed by atoms with E-state index in [0.29, 0.717) is 11.4 Å². The van der Waals surface area contributed by atoms with Crippen LogP contribution in [0.25, 0.3) is 0 Å². The molecular weight excluding hydrogens is 290 g/mol. The van der Waals surface area contributed by atoms with Gasteiger partial charge in [-0.1, -0.05) is 12.1 Å². The molecule has 1 unspecified atom stereocenters. The average Bonchev–Trinajstić information content (AvgIpc) is 2.99. The Hall–Kier alpha value is -2.41. The molecule has 2 aromatic rings. The number of aromatic nitrogens is 1.